The first-order valence-electron chi connectivity index (χ1n) is 23.4. The van der Waals surface area contributed by atoms with Gasteiger partial charge in [0.25, 0.3) is 0 Å². The predicted molar refractivity (Wildman–Crippen MR) is 251 cm³/mol. The first-order valence-corrected chi connectivity index (χ1v) is 23.4. The van der Waals surface area contributed by atoms with Gasteiger partial charge in [-0.1, -0.05) is 33.8 Å². The fraction of sp³-hybridized carbons (Fsp3) is 0.400. The van der Waals surface area contributed by atoms with E-state index in [1.165, 1.54) is 41.3 Å². The Kier molecular flexibility index (Phi) is 13.6. The summed E-state index contributed by atoms with van der Waals surface area (Å²) in [6.07, 6.45) is -7.56. The van der Waals surface area contributed by atoms with Crippen LogP contribution in [0.1, 0.15) is 76.1 Å². The zero-order valence-corrected chi connectivity index (χ0v) is 40.2. The van der Waals surface area contributed by atoms with Crippen molar-refractivity contribution in [2.24, 2.45) is 11.8 Å². The van der Waals surface area contributed by atoms with E-state index in [9.17, 15) is 32.3 Å². The van der Waals surface area contributed by atoms with Crippen molar-refractivity contribution < 1.29 is 64.5 Å². The van der Waals surface area contributed by atoms with Crippen LogP contribution < -0.4 is 20.1 Å². The summed E-state index contributed by atoms with van der Waals surface area (Å²) in [5, 5.41) is 5.67. The summed E-state index contributed by atoms with van der Waals surface area (Å²) in [7, 11) is 2.34. The van der Waals surface area contributed by atoms with Gasteiger partial charge in [-0.05, 0) is 66.4 Å². The highest BCUT2D eigenvalue weighted by atomic mass is 19.4. The number of fused-ring (bicyclic) bond motifs is 5. The second kappa shape index (κ2) is 19.7. The Balaban J connectivity index is 1.06. The van der Waals surface area contributed by atoms with Crippen LogP contribution in [0.4, 0.5) is 35.9 Å². The van der Waals surface area contributed by atoms with Gasteiger partial charge in [0.15, 0.2) is 0 Å². The largest absolute Gasteiger partial charge is 0.573 e. The first kappa shape index (κ1) is 50.2. The number of ether oxygens (including phenoxy) is 4. The molecule has 23 heteroatoms. The molecule has 7 atom stereocenters. The van der Waals surface area contributed by atoms with E-state index in [1.807, 2.05) is 6.07 Å². The number of H-pyrrole nitrogens is 2. The molecule has 0 radical (unpaired) electrons. The van der Waals surface area contributed by atoms with Gasteiger partial charge in [0, 0.05) is 34.9 Å². The van der Waals surface area contributed by atoms with Gasteiger partial charge in [-0.15, -0.1) is 13.2 Å². The van der Waals surface area contributed by atoms with Crippen molar-refractivity contribution in [1.29, 1.82) is 0 Å². The lowest BCUT2D eigenvalue weighted by Crippen LogP contribution is -2.51. The number of rotatable bonds is 12. The Morgan fingerprint density at radius 3 is 1.78 bits per heavy atom. The second-order valence-electron chi connectivity index (χ2n) is 18.8. The van der Waals surface area contributed by atoms with E-state index in [0.717, 1.165) is 19.2 Å². The summed E-state index contributed by atoms with van der Waals surface area (Å²) >= 11 is 0. The first-order chi connectivity index (χ1) is 34.7. The molecule has 3 aromatic carbocycles. The van der Waals surface area contributed by atoms with Crippen molar-refractivity contribution >= 4 is 34.9 Å². The zero-order chi connectivity index (χ0) is 52.2. The molecular formula is C50H51F6N9O8. The van der Waals surface area contributed by atoms with Gasteiger partial charge in [-0.2, -0.15) is 0 Å². The monoisotopic (exact) mass is 1020 g/mol. The third kappa shape index (κ3) is 9.95. The molecule has 3 aliphatic heterocycles. The Hall–Kier alpha value is -7.72. The summed E-state index contributed by atoms with van der Waals surface area (Å²) in [5.74, 6) is -2.33. The van der Waals surface area contributed by atoms with E-state index in [-0.39, 0.29) is 60.5 Å². The van der Waals surface area contributed by atoms with E-state index in [2.05, 4.69) is 35.3 Å². The number of hydrogen-bond donors (Lipinski definition) is 4. The lowest BCUT2D eigenvalue weighted by atomic mass is 10.0. The molecule has 0 aliphatic carbocycles. The van der Waals surface area contributed by atoms with E-state index < -0.39 is 84.7 Å². The van der Waals surface area contributed by atoms with Crippen molar-refractivity contribution in [2.45, 2.75) is 89.6 Å². The number of methoxy groups -OCH3 is 2. The summed E-state index contributed by atoms with van der Waals surface area (Å²) in [4.78, 5) is 69.8. The Bertz CT molecular complexity index is 3060. The van der Waals surface area contributed by atoms with Gasteiger partial charge in [0.1, 0.15) is 53.4 Å². The molecular weight excluding hydrogens is 969 g/mol. The molecule has 17 nitrogen and oxygen atoms in total. The molecule has 0 spiro atoms. The number of alkyl halides is 5. The third-order valence-electron chi connectivity index (χ3n) is 13.3. The van der Waals surface area contributed by atoms with Crippen molar-refractivity contribution in [3.8, 4) is 45.3 Å². The smallest absolute Gasteiger partial charge is 0.465 e. The standard InChI is InChI=1S/C50H51F6N9O8/c1-23(2)41(61-48(68)70-5)45(66)63-21-29(51)17-37(63)43-57-19-33(59-43)26-9-12-35-28(13-26)15-36-40-32(53)14-27(16-39(40)72-47(65(35)36)25-7-10-31(11-8-25)73-50(54,55)56)34-20-58-44(60-34)38-18-30(52)22-64(38)46(67)42(24(3)4)62-49(69)71-6/h7-16,19-20,23-24,29-30,37-38,41-42,47H,17-18,21-22H2,1-6H3,(H,57,59)(H,58,60)(H,61,68)(H,62,69)/t29-,30-,37+,38+,41+,42+,47?/m1/s1. The molecule has 6 heterocycles. The number of halogens is 6. The van der Waals surface area contributed by atoms with Crippen LogP contribution in [0, 0.1) is 17.7 Å². The van der Waals surface area contributed by atoms with Crippen LogP contribution >= 0.6 is 0 Å². The van der Waals surface area contributed by atoms with Gasteiger partial charge in [-0.25, -0.2) is 32.7 Å². The summed E-state index contributed by atoms with van der Waals surface area (Å²) in [6.45, 7) is 6.48. The number of hydrogen-bond acceptors (Lipinski definition) is 10. The molecule has 9 rings (SSSR count). The number of aromatic nitrogens is 5. The third-order valence-corrected chi connectivity index (χ3v) is 13.3. The van der Waals surface area contributed by atoms with E-state index in [4.69, 9.17) is 14.2 Å². The predicted octanol–water partition coefficient (Wildman–Crippen LogP) is 9.05. The topological polar surface area (TPSA) is 198 Å². The van der Waals surface area contributed by atoms with Crippen LogP contribution in [-0.4, -0.2) is 116 Å². The van der Waals surface area contributed by atoms with Crippen LogP contribution in [-0.2, 0) is 19.1 Å². The Labute approximate surface area is 413 Å². The molecule has 0 saturated carbocycles. The number of benzene rings is 3. The van der Waals surface area contributed by atoms with Gasteiger partial charge < -0.3 is 53.9 Å². The highest BCUT2D eigenvalue weighted by Gasteiger charge is 2.44. The molecule has 3 aromatic heterocycles. The summed E-state index contributed by atoms with van der Waals surface area (Å²) < 4.78 is 108. The number of carbonyl (C=O) groups excluding carboxylic acids is 4. The lowest BCUT2D eigenvalue weighted by molar-refractivity contribution is -0.274. The number of nitrogens with zero attached hydrogens (tertiary/aromatic N) is 5. The van der Waals surface area contributed by atoms with Crippen LogP contribution in [0.3, 0.4) is 0 Å². The highest BCUT2D eigenvalue weighted by molar-refractivity contribution is 5.93. The second-order valence-corrected chi connectivity index (χ2v) is 18.8. The summed E-state index contributed by atoms with van der Waals surface area (Å²) in [6, 6.07) is 11.3. The van der Waals surface area contributed by atoms with Gasteiger partial charge in [-0.3, -0.25) is 9.59 Å². The average Bonchev–Trinajstić information content (AvgIpc) is 4.21. The van der Waals surface area contributed by atoms with Crippen LogP contribution in [0.5, 0.6) is 11.5 Å². The van der Waals surface area contributed by atoms with Crippen molar-refractivity contribution in [3.05, 3.63) is 96.1 Å². The number of aromatic amines is 2. The van der Waals surface area contributed by atoms with E-state index >= 15 is 13.2 Å². The lowest BCUT2D eigenvalue weighted by Gasteiger charge is -2.31. The number of nitrogens with one attached hydrogen (secondary N) is 4. The molecule has 1 unspecified atom stereocenters. The van der Waals surface area contributed by atoms with Crippen LogP contribution in [0.2, 0.25) is 0 Å². The number of carbonyl (C=O) groups is 4. The molecule has 2 fully saturated rings. The van der Waals surface area contributed by atoms with Crippen molar-refractivity contribution in [2.75, 3.05) is 27.3 Å². The fourth-order valence-corrected chi connectivity index (χ4v) is 9.79. The van der Waals surface area contributed by atoms with Crippen LogP contribution in [0.15, 0.2) is 73.1 Å². The highest BCUT2D eigenvalue weighted by Crippen LogP contribution is 2.48. The minimum Gasteiger partial charge on any atom is -0.465 e. The minimum absolute atomic E-state index is 0.0396. The van der Waals surface area contributed by atoms with Gasteiger partial charge >= 0.3 is 18.5 Å². The zero-order valence-electron chi connectivity index (χ0n) is 40.2. The van der Waals surface area contributed by atoms with Gasteiger partial charge in [0.05, 0.1) is 79.9 Å². The molecule has 2 saturated heterocycles. The number of likely N-dealkylation sites (tertiary alicyclic amines) is 2. The molecule has 0 bridgehead atoms. The Morgan fingerprint density at radius 2 is 1.27 bits per heavy atom. The average molecular weight is 1020 g/mol. The molecule has 3 aliphatic rings. The van der Waals surface area contributed by atoms with Crippen molar-refractivity contribution in [3.63, 3.8) is 0 Å². The maximum absolute atomic E-state index is 16.9. The van der Waals surface area contributed by atoms with Crippen molar-refractivity contribution in [1.82, 2.24) is 44.9 Å². The molecule has 4 amide bonds. The number of amides is 4. The molecule has 73 heavy (non-hydrogen) atoms. The van der Waals surface area contributed by atoms with Crippen LogP contribution in [0.25, 0.3) is 44.7 Å². The minimum atomic E-state index is -4.94. The van der Waals surface area contributed by atoms with E-state index in [0.29, 0.717) is 44.9 Å². The number of imidazole rings is 2. The quantitative estimate of drug-likeness (QED) is 0.0859. The number of alkyl carbamates (subject to hydrolysis) is 2. The molecule has 4 N–H and O–H groups in total. The van der Waals surface area contributed by atoms with Gasteiger partial charge in [0.2, 0.25) is 18.0 Å². The van der Waals surface area contributed by atoms with E-state index in [1.54, 1.807) is 62.7 Å². The maximum Gasteiger partial charge on any atom is 0.573 e. The molecule has 6 aromatic rings. The SMILES string of the molecule is COC(=O)N[C@H](C(=O)N1C[C@H](F)C[C@H]1c1ncc(-c2cc(F)c3c(c2)OC(c2ccc(OC(F)(F)F)cc2)n2c-3cc3cc(-c4cnc([C@@H]5C[C@@H](F)CN5C(=O)[C@@H](NC(=O)OC)C(C)C)[nH]4)ccc32)[nH]1)C(C)C. The normalized spacial score (nSPS) is 20.4. The Morgan fingerprint density at radius 1 is 0.740 bits per heavy atom. The fourth-order valence-electron chi connectivity index (χ4n) is 9.79. The summed E-state index contributed by atoms with van der Waals surface area (Å²) in [5.41, 5.74) is 3.06. The molecule has 386 valence electrons. The maximum atomic E-state index is 16.9.